The first-order chi connectivity index (χ1) is 12.4. The third kappa shape index (κ3) is 3.01. The van der Waals surface area contributed by atoms with Gasteiger partial charge in [-0.1, -0.05) is 12.1 Å². The quantitative estimate of drug-likeness (QED) is 0.678. The van der Waals surface area contributed by atoms with Gasteiger partial charge in [-0.25, -0.2) is 17.8 Å². The fourth-order valence-electron chi connectivity index (χ4n) is 3.09. The fraction of sp³-hybridized carbons (Fsp3) is 0.312. The number of benzene rings is 1. The van der Waals surface area contributed by atoms with Gasteiger partial charge in [-0.2, -0.15) is 4.31 Å². The van der Waals surface area contributed by atoms with Crippen LogP contribution in [0, 0.1) is 5.82 Å². The first-order valence-corrected chi connectivity index (χ1v) is 9.94. The second kappa shape index (κ2) is 6.29. The van der Waals surface area contributed by atoms with Gasteiger partial charge < -0.3 is 4.90 Å². The molecule has 0 aliphatic carbocycles. The van der Waals surface area contributed by atoms with Crippen LogP contribution in [0.4, 0.5) is 10.2 Å². The number of hydrogen-bond donors (Lipinski definition) is 0. The Balaban J connectivity index is 1.68. The van der Waals surface area contributed by atoms with Crippen LogP contribution in [0.3, 0.4) is 0 Å². The molecule has 0 atom stereocenters. The van der Waals surface area contributed by atoms with E-state index in [-0.39, 0.29) is 5.82 Å². The molecule has 1 aliphatic rings. The van der Waals surface area contributed by atoms with Crippen LogP contribution in [0.2, 0.25) is 0 Å². The van der Waals surface area contributed by atoms with Crippen molar-refractivity contribution in [2.75, 3.05) is 37.3 Å². The number of nitrogens with zero attached hydrogens (tertiary/aromatic N) is 6. The van der Waals surface area contributed by atoms with Crippen molar-refractivity contribution in [1.29, 1.82) is 0 Å². The van der Waals surface area contributed by atoms with E-state index in [2.05, 4.69) is 15.2 Å². The summed E-state index contributed by atoms with van der Waals surface area (Å²) in [5.41, 5.74) is 1.18. The molecule has 0 radical (unpaired) electrons. The van der Waals surface area contributed by atoms with E-state index in [0.29, 0.717) is 49.0 Å². The number of aromatic nitrogens is 4. The number of fused-ring (bicyclic) bond motifs is 1. The summed E-state index contributed by atoms with van der Waals surface area (Å²) in [7, 11) is -3.19. The van der Waals surface area contributed by atoms with Gasteiger partial charge in [-0.05, 0) is 12.1 Å². The monoisotopic (exact) mass is 376 g/mol. The van der Waals surface area contributed by atoms with Gasteiger partial charge >= 0.3 is 0 Å². The van der Waals surface area contributed by atoms with Crippen LogP contribution in [0.15, 0.2) is 36.7 Å². The Bertz CT molecular complexity index is 1060. The molecule has 3 heterocycles. The number of rotatable bonds is 3. The average Bonchev–Trinajstić information content (AvgIpc) is 3.05. The second-order valence-corrected chi connectivity index (χ2v) is 8.11. The third-order valence-corrected chi connectivity index (χ3v) is 5.70. The lowest BCUT2D eigenvalue weighted by atomic mass is 10.2. The standard InChI is InChI=1S/C16H17FN6O2S/c1-26(24,25)22-9-7-21(8-10-22)15-16-20-19-14(23(16)6-5-18-15)12-3-2-4-13(17)11-12/h2-6,11H,7-10H2,1H3. The summed E-state index contributed by atoms with van der Waals surface area (Å²) in [5.74, 6) is 0.819. The molecule has 1 saturated heterocycles. The predicted molar refractivity (Wildman–Crippen MR) is 94.8 cm³/mol. The molecule has 136 valence electrons. The first kappa shape index (κ1) is 16.9. The van der Waals surface area contributed by atoms with Gasteiger partial charge in [-0.15, -0.1) is 10.2 Å². The number of anilines is 1. The Kier molecular flexibility index (Phi) is 4.08. The summed E-state index contributed by atoms with van der Waals surface area (Å²) >= 11 is 0. The Labute approximate surface area is 149 Å². The molecule has 4 rings (SSSR count). The first-order valence-electron chi connectivity index (χ1n) is 8.09. The normalized spacial score (nSPS) is 16.3. The van der Waals surface area contributed by atoms with Crippen LogP contribution in [0.25, 0.3) is 17.0 Å². The molecular formula is C16H17FN6O2S. The molecule has 2 aromatic heterocycles. The lowest BCUT2D eigenvalue weighted by Crippen LogP contribution is -2.48. The zero-order valence-electron chi connectivity index (χ0n) is 14.1. The minimum atomic E-state index is -3.19. The van der Waals surface area contributed by atoms with E-state index in [1.54, 1.807) is 28.9 Å². The van der Waals surface area contributed by atoms with Gasteiger partial charge in [-0.3, -0.25) is 4.40 Å². The molecule has 0 unspecified atom stereocenters. The average molecular weight is 376 g/mol. The van der Waals surface area contributed by atoms with E-state index in [4.69, 9.17) is 0 Å². The maximum atomic E-state index is 13.5. The van der Waals surface area contributed by atoms with Gasteiger partial charge in [0.25, 0.3) is 0 Å². The van der Waals surface area contributed by atoms with Crippen LogP contribution in [-0.4, -0.2) is 64.7 Å². The fourth-order valence-corrected chi connectivity index (χ4v) is 3.92. The Hall–Kier alpha value is -2.59. The zero-order chi connectivity index (χ0) is 18.3. The molecule has 3 aromatic rings. The number of halogens is 1. The largest absolute Gasteiger partial charge is 0.351 e. The van der Waals surface area contributed by atoms with Gasteiger partial charge in [0.05, 0.1) is 6.26 Å². The summed E-state index contributed by atoms with van der Waals surface area (Å²) < 4.78 is 40.1. The van der Waals surface area contributed by atoms with Crippen LogP contribution < -0.4 is 4.90 Å². The van der Waals surface area contributed by atoms with Gasteiger partial charge in [0.2, 0.25) is 15.7 Å². The van der Waals surface area contributed by atoms with Crippen molar-refractivity contribution < 1.29 is 12.8 Å². The van der Waals surface area contributed by atoms with Gasteiger partial charge in [0.15, 0.2) is 11.6 Å². The molecule has 0 N–H and O–H groups in total. The van der Waals surface area contributed by atoms with Crippen LogP contribution in [-0.2, 0) is 10.0 Å². The zero-order valence-corrected chi connectivity index (χ0v) is 14.9. The van der Waals surface area contributed by atoms with Crippen molar-refractivity contribution >= 4 is 21.5 Å². The summed E-state index contributed by atoms with van der Waals surface area (Å²) in [5, 5.41) is 8.41. The molecule has 26 heavy (non-hydrogen) atoms. The molecule has 10 heteroatoms. The highest BCUT2D eigenvalue weighted by atomic mass is 32.2. The van der Waals surface area contributed by atoms with E-state index in [1.165, 1.54) is 22.7 Å². The second-order valence-electron chi connectivity index (χ2n) is 6.13. The molecule has 0 saturated carbocycles. The summed E-state index contributed by atoms with van der Waals surface area (Å²) in [6.07, 6.45) is 4.58. The van der Waals surface area contributed by atoms with Crippen molar-refractivity contribution in [1.82, 2.24) is 23.9 Å². The third-order valence-electron chi connectivity index (χ3n) is 4.40. The molecule has 1 aliphatic heterocycles. The van der Waals surface area contributed by atoms with Crippen LogP contribution >= 0.6 is 0 Å². The molecular weight excluding hydrogens is 359 g/mol. The number of sulfonamides is 1. The molecule has 8 nitrogen and oxygen atoms in total. The number of piperazine rings is 1. The summed E-state index contributed by atoms with van der Waals surface area (Å²) in [6, 6.07) is 6.17. The maximum absolute atomic E-state index is 13.5. The van der Waals surface area contributed by atoms with E-state index < -0.39 is 10.0 Å². The lowest BCUT2D eigenvalue weighted by molar-refractivity contribution is 0.387. The molecule has 0 spiro atoms. The highest BCUT2D eigenvalue weighted by molar-refractivity contribution is 7.88. The Morgan fingerprint density at radius 1 is 1.12 bits per heavy atom. The van der Waals surface area contributed by atoms with Gasteiger partial charge in [0.1, 0.15) is 5.82 Å². The van der Waals surface area contributed by atoms with Crippen LogP contribution in [0.5, 0.6) is 0 Å². The van der Waals surface area contributed by atoms with Crippen molar-refractivity contribution in [3.63, 3.8) is 0 Å². The van der Waals surface area contributed by atoms with Crippen molar-refractivity contribution in [2.45, 2.75) is 0 Å². The van der Waals surface area contributed by atoms with Crippen LogP contribution in [0.1, 0.15) is 0 Å². The highest BCUT2D eigenvalue weighted by Gasteiger charge is 2.26. The van der Waals surface area contributed by atoms with E-state index in [1.807, 2.05) is 4.90 Å². The SMILES string of the molecule is CS(=O)(=O)N1CCN(c2nccn3c(-c4cccc(F)c4)nnc23)CC1. The lowest BCUT2D eigenvalue weighted by Gasteiger charge is -2.33. The van der Waals surface area contributed by atoms with Crippen molar-refractivity contribution in [3.05, 3.63) is 42.5 Å². The van der Waals surface area contributed by atoms with Gasteiger partial charge in [0, 0.05) is 44.1 Å². The smallest absolute Gasteiger partial charge is 0.211 e. The van der Waals surface area contributed by atoms with Crippen molar-refractivity contribution in [2.24, 2.45) is 0 Å². The predicted octanol–water partition coefficient (Wildman–Crippen LogP) is 1.01. The Morgan fingerprint density at radius 3 is 2.58 bits per heavy atom. The maximum Gasteiger partial charge on any atom is 0.211 e. The minimum Gasteiger partial charge on any atom is -0.351 e. The Morgan fingerprint density at radius 2 is 1.88 bits per heavy atom. The topological polar surface area (TPSA) is 83.7 Å². The van der Waals surface area contributed by atoms with E-state index in [0.717, 1.165) is 0 Å². The van der Waals surface area contributed by atoms with E-state index in [9.17, 15) is 12.8 Å². The highest BCUT2D eigenvalue weighted by Crippen LogP contribution is 2.24. The molecule has 0 amide bonds. The van der Waals surface area contributed by atoms with E-state index >= 15 is 0 Å². The number of hydrogen-bond acceptors (Lipinski definition) is 6. The van der Waals surface area contributed by atoms with Crippen molar-refractivity contribution in [3.8, 4) is 11.4 Å². The summed E-state index contributed by atoms with van der Waals surface area (Å²) in [6.45, 7) is 1.82. The molecule has 0 bridgehead atoms. The molecule has 1 fully saturated rings. The minimum absolute atomic E-state index is 0.342. The molecule has 1 aromatic carbocycles. The summed E-state index contributed by atoms with van der Waals surface area (Å²) in [4.78, 5) is 6.39.